The minimum atomic E-state index is -3.93. The smallest absolute Gasteiger partial charge is 0.261 e. The molecule has 0 unspecified atom stereocenters. The van der Waals surface area contributed by atoms with E-state index in [1.54, 1.807) is 31.2 Å². The van der Waals surface area contributed by atoms with Gasteiger partial charge in [-0.25, -0.2) is 21.1 Å². The summed E-state index contributed by atoms with van der Waals surface area (Å²) in [7, 11) is -5.90. The lowest BCUT2D eigenvalue weighted by Crippen LogP contribution is -2.47. The number of aryl methyl sites for hydroxylation is 1. The highest BCUT2D eigenvalue weighted by atomic mass is 32.2. The number of nitrogens with zero attached hydrogens (tertiary/aromatic N) is 2. The molecule has 3 rings (SSSR count). The van der Waals surface area contributed by atoms with E-state index in [4.69, 9.17) is 9.47 Å². The lowest BCUT2D eigenvalue weighted by Gasteiger charge is -2.35. The Hall–Kier alpha value is -2.71. The zero-order chi connectivity index (χ0) is 31.9. The fourth-order valence-corrected chi connectivity index (χ4v) is 6.24. The molecule has 0 saturated carbocycles. The second kappa shape index (κ2) is 14.8. The van der Waals surface area contributed by atoms with Crippen molar-refractivity contribution in [2.45, 2.75) is 70.1 Å². The number of nitrogens with one attached hydrogen (secondary N) is 1. The van der Waals surface area contributed by atoms with Gasteiger partial charge in [0.15, 0.2) is 0 Å². The maximum Gasteiger partial charge on any atom is 0.261 e. The minimum absolute atomic E-state index is 0.0869. The highest BCUT2D eigenvalue weighted by Gasteiger charge is 2.31. The van der Waals surface area contributed by atoms with Crippen LogP contribution >= 0.6 is 0 Å². The largest absolute Gasteiger partial charge is 0.490 e. The first kappa shape index (κ1) is 34.8. The van der Waals surface area contributed by atoms with E-state index in [9.17, 15) is 26.7 Å². The molecule has 13 heteroatoms. The molecule has 1 aliphatic rings. The van der Waals surface area contributed by atoms with E-state index in [-0.39, 0.29) is 47.9 Å². The van der Waals surface area contributed by atoms with Gasteiger partial charge in [0.25, 0.3) is 15.9 Å². The second-order valence-electron chi connectivity index (χ2n) is 11.5. The van der Waals surface area contributed by atoms with Crippen molar-refractivity contribution in [3.63, 3.8) is 0 Å². The Kier molecular flexibility index (Phi) is 12.0. The fourth-order valence-electron chi connectivity index (χ4n) is 4.77. The van der Waals surface area contributed by atoms with Crippen LogP contribution in [0.1, 0.15) is 56.0 Å². The van der Waals surface area contributed by atoms with Crippen molar-refractivity contribution in [3.05, 3.63) is 53.6 Å². The number of fused-ring (bicyclic) bond motifs is 1. The average Bonchev–Trinajstić information content (AvgIpc) is 2.94. The normalized spacial score (nSPS) is 21.9. The van der Waals surface area contributed by atoms with Crippen LogP contribution in [0.15, 0.2) is 47.4 Å². The van der Waals surface area contributed by atoms with Crippen LogP contribution < -0.4 is 9.46 Å². The number of aliphatic hydroxyl groups excluding tert-OH is 1. The predicted octanol–water partition coefficient (Wildman–Crippen LogP) is 3.48. The summed E-state index contributed by atoms with van der Waals surface area (Å²) >= 11 is 0. The first-order valence-electron chi connectivity index (χ1n) is 14.5. The summed E-state index contributed by atoms with van der Waals surface area (Å²) in [5, 5.41) is 10.1. The van der Waals surface area contributed by atoms with Crippen molar-refractivity contribution in [2.75, 3.05) is 44.3 Å². The topological polar surface area (TPSA) is 143 Å². The number of aliphatic hydroxyl groups is 1. The molecule has 0 saturated heterocycles. The molecule has 0 aliphatic carbocycles. The highest BCUT2D eigenvalue weighted by molar-refractivity contribution is 7.92. The van der Waals surface area contributed by atoms with Crippen molar-refractivity contribution in [1.29, 1.82) is 0 Å². The van der Waals surface area contributed by atoms with Crippen LogP contribution in [0.25, 0.3) is 0 Å². The summed E-state index contributed by atoms with van der Waals surface area (Å²) < 4.78 is 66.7. The molecule has 2 aromatic rings. The van der Waals surface area contributed by atoms with Gasteiger partial charge in [-0.05, 0) is 70.4 Å². The standard InChI is InChI=1S/C30H45N3O8S2/c1-21-10-13-26(14-11-21)43(38,39)31-25-12-15-28-27(17-25)30(35)33(23(3)20-34)18-22(2)29(19-32(5)42(6,36)37)40-16-8-7-9-24(4)41-28/h10-15,17,22-24,29,31,34H,7-9,16,18-20H2,1-6H3/t22-,23-,24+,29-/m0/s1. The van der Waals surface area contributed by atoms with Gasteiger partial charge in [-0.2, -0.15) is 0 Å². The molecule has 0 fully saturated rings. The van der Waals surface area contributed by atoms with Crippen molar-refractivity contribution >= 4 is 31.6 Å². The van der Waals surface area contributed by atoms with Gasteiger partial charge in [0.1, 0.15) is 5.75 Å². The molecule has 4 atom stereocenters. The van der Waals surface area contributed by atoms with E-state index in [1.165, 1.54) is 34.5 Å². The van der Waals surface area contributed by atoms with Crippen LogP contribution in [0.4, 0.5) is 5.69 Å². The molecule has 0 bridgehead atoms. The molecule has 1 amide bonds. The summed E-state index contributed by atoms with van der Waals surface area (Å²) in [5.74, 6) is -0.462. The third-order valence-electron chi connectivity index (χ3n) is 7.64. The van der Waals surface area contributed by atoms with E-state index in [1.807, 2.05) is 20.8 Å². The van der Waals surface area contributed by atoms with Crippen molar-refractivity contribution in [3.8, 4) is 5.75 Å². The second-order valence-corrected chi connectivity index (χ2v) is 15.2. The van der Waals surface area contributed by atoms with Gasteiger partial charge in [0, 0.05) is 38.3 Å². The van der Waals surface area contributed by atoms with E-state index < -0.39 is 38.1 Å². The van der Waals surface area contributed by atoms with E-state index in [0.717, 1.165) is 24.7 Å². The first-order valence-corrected chi connectivity index (χ1v) is 17.8. The van der Waals surface area contributed by atoms with Crippen molar-refractivity contribution in [2.24, 2.45) is 5.92 Å². The number of carbonyl (C=O) groups is 1. The number of carbonyl (C=O) groups excluding carboxylic acids is 1. The monoisotopic (exact) mass is 639 g/mol. The number of benzene rings is 2. The van der Waals surface area contributed by atoms with Crippen molar-refractivity contribution < 1.29 is 36.2 Å². The Labute approximate surface area is 256 Å². The molecule has 0 aromatic heterocycles. The average molecular weight is 640 g/mol. The molecule has 240 valence electrons. The summed E-state index contributed by atoms with van der Waals surface area (Å²) in [6, 6.07) is 10.4. The SMILES string of the molecule is Cc1ccc(S(=O)(=O)Nc2ccc3c(c2)C(=O)N([C@@H](C)CO)C[C@H](C)[C@H](CN(C)S(C)(=O)=O)OCCCC[C@@H](C)O3)cc1. The molecule has 0 spiro atoms. The van der Waals surface area contributed by atoms with Gasteiger partial charge in [0.2, 0.25) is 10.0 Å². The highest BCUT2D eigenvalue weighted by Crippen LogP contribution is 2.29. The lowest BCUT2D eigenvalue weighted by atomic mass is 10.0. The molecule has 2 N–H and O–H groups in total. The van der Waals surface area contributed by atoms with Gasteiger partial charge < -0.3 is 19.5 Å². The Balaban J connectivity index is 2.02. The summed E-state index contributed by atoms with van der Waals surface area (Å²) in [5.41, 5.74) is 1.25. The van der Waals surface area contributed by atoms with Gasteiger partial charge >= 0.3 is 0 Å². The summed E-state index contributed by atoms with van der Waals surface area (Å²) in [6.45, 7) is 7.71. The lowest BCUT2D eigenvalue weighted by molar-refractivity contribution is -0.00828. The quantitative estimate of drug-likeness (QED) is 0.447. The van der Waals surface area contributed by atoms with Gasteiger partial charge in [-0.1, -0.05) is 24.6 Å². The van der Waals surface area contributed by atoms with E-state index in [0.29, 0.717) is 18.8 Å². The van der Waals surface area contributed by atoms with Crippen LogP contribution in [0.2, 0.25) is 0 Å². The summed E-state index contributed by atoms with van der Waals surface area (Å²) in [6.07, 6.45) is 2.58. The number of anilines is 1. The summed E-state index contributed by atoms with van der Waals surface area (Å²) in [4.78, 5) is 15.8. The number of likely N-dealkylation sites (N-methyl/N-ethyl adjacent to an activating group) is 1. The molecule has 1 heterocycles. The number of sulfonamides is 2. The predicted molar refractivity (Wildman–Crippen MR) is 166 cm³/mol. The van der Waals surface area contributed by atoms with Crippen LogP contribution in [0.3, 0.4) is 0 Å². The number of hydrogen-bond acceptors (Lipinski definition) is 8. The zero-order valence-electron chi connectivity index (χ0n) is 25.8. The number of amides is 1. The van der Waals surface area contributed by atoms with Crippen LogP contribution in [0.5, 0.6) is 5.75 Å². The molecule has 2 aromatic carbocycles. The molecular formula is C30H45N3O8S2. The fraction of sp³-hybridized carbons (Fsp3) is 0.567. The Bertz CT molecular complexity index is 1450. The molecular weight excluding hydrogens is 594 g/mol. The molecule has 0 radical (unpaired) electrons. The molecule has 43 heavy (non-hydrogen) atoms. The number of ether oxygens (including phenoxy) is 2. The van der Waals surface area contributed by atoms with E-state index in [2.05, 4.69) is 4.72 Å². The van der Waals surface area contributed by atoms with E-state index >= 15 is 0 Å². The maximum atomic E-state index is 14.2. The van der Waals surface area contributed by atoms with Crippen LogP contribution in [-0.4, -0.2) is 94.9 Å². The Morgan fingerprint density at radius 3 is 2.40 bits per heavy atom. The minimum Gasteiger partial charge on any atom is -0.490 e. The first-order chi connectivity index (χ1) is 20.1. The van der Waals surface area contributed by atoms with Crippen molar-refractivity contribution in [1.82, 2.24) is 9.21 Å². The Morgan fingerprint density at radius 2 is 1.77 bits per heavy atom. The Morgan fingerprint density at radius 1 is 1.09 bits per heavy atom. The number of rotatable bonds is 8. The zero-order valence-corrected chi connectivity index (χ0v) is 27.4. The van der Waals surface area contributed by atoms with Gasteiger partial charge in [-0.3, -0.25) is 9.52 Å². The number of hydrogen-bond donors (Lipinski definition) is 2. The third-order valence-corrected chi connectivity index (χ3v) is 10.3. The van der Waals surface area contributed by atoms with Crippen LogP contribution in [-0.2, 0) is 24.8 Å². The third kappa shape index (κ3) is 9.64. The van der Waals surface area contributed by atoms with Crippen LogP contribution in [0, 0.1) is 12.8 Å². The van der Waals surface area contributed by atoms with Gasteiger partial charge in [0.05, 0.1) is 41.6 Å². The molecule has 11 nitrogen and oxygen atoms in total. The van der Waals surface area contributed by atoms with Gasteiger partial charge in [-0.15, -0.1) is 0 Å². The maximum absolute atomic E-state index is 14.2. The molecule has 1 aliphatic heterocycles.